The summed E-state index contributed by atoms with van der Waals surface area (Å²) in [5.41, 5.74) is 0. The molecule has 2 heteroatoms. The van der Waals surface area contributed by atoms with E-state index in [1.165, 1.54) is 24.2 Å². The van der Waals surface area contributed by atoms with E-state index in [1.54, 1.807) is 13.2 Å². The summed E-state index contributed by atoms with van der Waals surface area (Å²) in [4.78, 5) is 11.7. The number of amides is 1. The van der Waals surface area contributed by atoms with Gasteiger partial charge in [0, 0.05) is 13.2 Å². The lowest BCUT2D eigenvalue weighted by Crippen LogP contribution is -2.05. The minimum atomic E-state index is 0.798. The molecule has 0 spiro atoms. The molecular weight excluding hydrogens is 150 g/mol. The molecule has 0 aromatic heterocycles. The van der Waals surface area contributed by atoms with Gasteiger partial charge in [-0.3, -0.25) is 4.79 Å². The third-order valence-corrected chi connectivity index (χ3v) is 1.63. The van der Waals surface area contributed by atoms with Gasteiger partial charge in [0.15, 0.2) is 0 Å². The zero-order valence-corrected chi connectivity index (χ0v) is 7.83. The molecule has 0 bridgehead atoms. The lowest BCUT2D eigenvalue weighted by molar-refractivity contribution is -0.115. The molecule has 2 nitrogen and oxygen atoms in total. The maximum absolute atomic E-state index is 10.1. The van der Waals surface area contributed by atoms with Gasteiger partial charge in [0.05, 0.1) is 0 Å². The van der Waals surface area contributed by atoms with Crippen molar-refractivity contribution >= 4 is 6.41 Å². The summed E-state index contributed by atoms with van der Waals surface area (Å²) in [6.45, 7) is 3.77. The van der Waals surface area contributed by atoms with Gasteiger partial charge in [-0.1, -0.05) is 32.3 Å². The van der Waals surface area contributed by atoms with E-state index >= 15 is 0 Å². The van der Waals surface area contributed by atoms with Gasteiger partial charge in [-0.25, -0.2) is 0 Å². The van der Waals surface area contributed by atoms with Crippen LogP contribution in [0.1, 0.15) is 32.1 Å². The molecule has 0 saturated carbocycles. The zero-order chi connectivity index (χ0) is 9.23. The van der Waals surface area contributed by atoms with Crippen LogP contribution >= 0.6 is 0 Å². The monoisotopic (exact) mass is 168 g/mol. The first kappa shape index (κ1) is 11.2. The Hall–Kier alpha value is -0.790. The fourth-order valence-electron chi connectivity index (χ4n) is 0.892. The van der Waals surface area contributed by atoms with Gasteiger partial charge in [-0.15, -0.1) is 0 Å². The maximum Gasteiger partial charge on any atom is 0.213 e. The Kier molecular flexibility index (Phi) is 7.76. The fourth-order valence-corrected chi connectivity index (χ4v) is 0.892. The molecule has 0 unspecified atom stereocenters. The van der Waals surface area contributed by atoms with Crippen LogP contribution in [-0.2, 0) is 4.79 Å². The first-order chi connectivity index (χ1) is 5.81. The minimum Gasteiger partial charge on any atom is -0.325 e. The second-order valence-electron chi connectivity index (χ2n) is 2.86. The molecule has 0 atom stereocenters. The van der Waals surface area contributed by atoms with Crippen LogP contribution in [0, 0.1) is 6.92 Å². The van der Waals surface area contributed by atoms with Crippen molar-refractivity contribution in [2.24, 2.45) is 0 Å². The number of hydrogen-bond acceptors (Lipinski definition) is 1. The Bertz CT molecular complexity index is 132. The molecule has 0 aromatic carbocycles. The summed E-state index contributed by atoms with van der Waals surface area (Å²) in [5.74, 6) is 0. The second kappa shape index (κ2) is 8.31. The Morgan fingerprint density at radius 2 is 2.08 bits per heavy atom. The summed E-state index contributed by atoms with van der Waals surface area (Å²) in [6, 6.07) is 0. The Morgan fingerprint density at radius 3 is 2.67 bits per heavy atom. The van der Waals surface area contributed by atoms with E-state index in [0.717, 1.165) is 19.3 Å². The van der Waals surface area contributed by atoms with Crippen LogP contribution in [0.2, 0.25) is 0 Å². The van der Waals surface area contributed by atoms with Crippen molar-refractivity contribution in [2.75, 3.05) is 7.05 Å². The first-order valence-corrected chi connectivity index (χ1v) is 4.44. The number of rotatable bonds is 7. The number of nitrogens with zero attached hydrogens (tertiary/aromatic N) is 1. The van der Waals surface area contributed by atoms with Crippen LogP contribution in [0.5, 0.6) is 0 Å². The maximum atomic E-state index is 10.1. The number of hydrogen-bond donors (Lipinski definition) is 0. The molecule has 0 rings (SSSR count). The average Bonchev–Trinajstić information content (AvgIpc) is 2.10. The van der Waals surface area contributed by atoms with E-state index in [-0.39, 0.29) is 0 Å². The smallest absolute Gasteiger partial charge is 0.213 e. The van der Waals surface area contributed by atoms with Crippen molar-refractivity contribution in [2.45, 2.75) is 32.1 Å². The topological polar surface area (TPSA) is 20.3 Å². The van der Waals surface area contributed by atoms with Crippen molar-refractivity contribution < 1.29 is 4.79 Å². The molecule has 0 saturated heterocycles. The van der Waals surface area contributed by atoms with Crippen molar-refractivity contribution in [3.05, 3.63) is 19.2 Å². The van der Waals surface area contributed by atoms with Gasteiger partial charge in [-0.05, 0) is 12.8 Å². The lowest BCUT2D eigenvalue weighted by Gasteiger charge is -2.00. The summed E-state index contributed by atoms with van der Waals surface area (Å²) < 4.78 is 0. The minimum absolute atomic E-state index is 0.798. The summed E-state index contributed by atoms with van der Waals surface area (Å²) in [6.07, 6.45) is 10.3. The largest absolute Gasteiger partial charge is 0.325 e. The number of unbranched alkanes of at least 4 members (excludes halogenated alkanes) is 4. The van der Waals surface area contributed by atoms with Gasteiger partial charge in [0.1, 0.15) is 0 Å². The first-order valence-electron chi connectivity index (χ1n) is 4.44. The quantitative estimate of drug-likeness (QED) is 0.422. The van der Waals surface area contributed by atoms with Crippen LogP contribution < -0.4 is 0 Å². The normalized spacial score (nSPS) is 10.5. The molecule has 0 aromatic rings. The van der Waals surface area contributed by atoms with E-state index in [1.807, 2.05) is 6.08 Å². The van der Waals surface area contributed by atoms with Crippen molar-refractivity contribution in [3.8, 4) is 0 Å². The predicted octanol–water partition coefficient (Wildman–Crippen LogP) is 2.37. The van der Waals surface area contributed by atoms with Gasteiger partial charge in [-0.2, -0.15) is 0 Å². The van der Waals surface area contributed by atoms with Crippen LogP contribution in [0.15, 0.2) is 12.3 Å². The molecule has 0 heterocycles. The zero-order valence-electron chi connectivity index (χ0n) is 7.83. The lowest BCUT2D eigenvalue weighted by atomic mass is 10.1. The fraction of sp³-hybridized carbons (Fsp3) is 0.600. The standard InChI is InChI=1S/C10H18NO/c1-3-4-5-6-7-8-9-11(2)10-12/h8-10H,1,3-7H2,2H3. The Labute approximate surface area is 75.3 Å². The Balaban J connectivity index is 3.18. The predicted molar refractivity (Wildman–Crippen MR) is 51.4 cm³/mol. The van der Waals surface area contributed by atoms with E-state index in [2.05, 4.69) is 6.92 Å². The molecule has 0 aliphatic carbocycles. The average molecular weight is 168 g/mol. The third-order valence-electron chi connectivity index (χ3n) is 1.63. The molecule has 0 fully saturated rings. The third kappa shape index (κ3) is 7.32. The van der Waals surface area contributed by atoms with Gasteiger partial charge in [0.25, 0.3) is 0 Å². The van der Waals surface area contributed by atoms with Gasteiger partial charge >= 0.3 is 0 Å². The molecule has 1 radical (unpaired) electrons. The highest BCUT2D eigenvalue weighted by Gasteiger charge is 1.85. The SMILES string of the molecule is [CH2]CCCCCC=CN(C)C=O. The van der Waals surface area contributed by atoms with Crippen LogP contribution in [-0.4, -0.2) is 18.4 Å². The number of carbonyl (C=O) groups is 1. The highest BCUT2D eigenvalue weighted by molar-refractivity contribution is 5.48. The Morgan fingerprint density at radius 1 is 1.33 bits per heavy atom. The van der Waals surface area contributed by atoms with Crippen molar-refractivity contribution in [3.63, 3.8) is 0 Å². The second-order valence-corrected chi connectivity index (χ2v) is 2.86. The van der Waals surface area contributed by atoms with Crippen LogP contribution in [0.4, 0.5) is 0 Å². The van der Waals surface area contributed by atoms with Crippen LogP contribution in [0.25, 0.3) is 0 Å². The van der Waals surface area contributed by atoms with Crippen molar-refractivity contribution in [1.82, 2.24) is 4.90 Å². The molecule has 1 amide bonds. The van der Waals surface area contributed by atoms with E-state index < -0.39 is 0 Å². The highest BCUT2D eigenvalue weighted by atomic mass is 16.1. The number of allylic oxidation sites excluding steroid dienone is 1. The van der Waals surface area contributed by atoms with E-state index in [4.69, 9.17) is 0 Å². The van der Waals surface area contributed by atoms with E-state index in [9.17, 15) is 4.79 Å². The summed E-state index contributed by atoms with van der Waals surface area (Å²) in [7, 11) is 1.74. The summed E-state index contributed by atoms with van der Waals surface area (Å²) in [5, 5.41) is 0. The van der Waals surface area contributed by atoms with Gasteiger partial charge < -0.3 is 4.90 Å². The molecule has 0 N–H and O–H groups in total. The van der Waals surface area contributed by atoms with Gasteiger partial charge in [0.2, 0.25) is 6.41 Å². The molecule has 69 valence electrons. The number of carbonyl (C=O) groups excluding carboxylic acids is 1. The van der Waals surface area contributed by atoms with Crippen LogP contribution in [0.3, 0.4) is 0 Å². The molecule has 0 aliphatic rings. The molecule has 0 aliphatic heterocycles. The summed E-state index contributed by atoms with van der Waals surface area (Å²) >= 11 is 0. The molecule has 12 heavy (non-hydrogen) atoms. The highest BCUT2D eigenvalue weighted by Crippen LogP contribution is 2.02. The molecular formula is C10H18NO. The van der Waals surface area contributed by atoms with E-state index in [0.29, 0.717) is 0 Å². The van der Waals surface area contributed by atoms with Crippen molar-refractivity contribution in [1.29, 1.82) is 0 Å².